The van der Waals surface area contributed by atoms with Gasteiger partial charge < -0.3 is 5.73 Å². The third-order valence-corrected chi connectivity index (χ3v) is 2.87. The Morgan fingerprint density at radius 1 is 1.16 bits per heavy atom. The van der Waals surface area contributed by atoms with Gasteiger partial charge in [-0.1, -0.05) is 29.3 Å². The molecule has 0 atom stereocenters. The third-order valence-electron chi connectivity index (χ3n) is 2.63. The number of halogens is 1. The number of amides is 1. The van der Waals surface area contributed by atoms with Crippen LogP contribution in [0, 0.1) is 6.92 Å². The van der Waals surface area contributed by atoms with Crippen LogP contribution in [0.3, 0.4) is 0 Å². The monoisotopic (exact) mass is 275 g/mol. The van der Waals surface area contributed by atoms with E-state index in [2.05, 4.69) is 10.9 Å². The Morgan fingerprint density at radius 2 is 1.84 bits per heavy atom. The predicted molar refractivity (Wildman–Crippen MR) is 78.1 cm³/mol. The molecule has 0 aliphatic rings. The number of carbonyl (C=O) groups excluding carboxylic acids is 1. The van der Waals surface area contributed by atoms with Gasteiger partial charge in [0.05, 0.1) is 11.3 Å². The second kappa shape index (κ2) is 5.63. The van der Waals surface area contributed by atoms with E-state index in [1.54, 1.807) is 12.1 Å². The smallest absolute Gasteiger partial charge is 0.271 e. The minimum Gasteiger partial charge on any atom is -0.398 e. The molecule has 0 aliphatic heterocycles. The van der Waals surface area contributed by atoms with Crippen LogP contribution >= 0.6 is 11.6 Å². The molecule has 2 aromatic rings. The molecule has 0 aliphatic carbocycles. The van der Waals surface area contributed by atoms with Gasteiger partial charge in [-0.05, 0) is 37.3 Å². The maximum absolute atomic E-state index is 11.9. The number of hydrogen-bond donors (Lipinski definition) is 3. The average Bonchev–Trinajstić information content (AvgIpc) is 2.40. The Labute approximate surface area is 116 Å². The van der Waals surface area contributed by atoms with Crippen molar-refractivity contribution in [1.29, 1.82) is 0 Å². The highest BCUT2D eigenvalue weighted by atomic mass is 35.5. The summed E-state index contributed by atoms with van der Waals surface area (Å²) in [6, 6.07) is 12.4. The largest absolute Gasteiger partial charge is 0.398 e. The quantitative estimate of drug-likeness (QED) is 0.596. The molecule has 2 aromatic carbocycles. The number of aryl methyl sites for hydroxylation is 1. The van der Waals surface area contributed by atoms with Crippen LogP contribution in [0.15, 0.2) is 42.5 Å². The lowest BCUT2D eigenvalue weighted by Crippen LogP contribution is -2.29. The summed E-state index contributed by atoms with van der Waals surface area (Å²) in [4.78, 5) is 11.9. The first kappa shape index (κ1) is 13.2. The molecule has 0 heterocycles. The molecule has 2 rings (SSSR count). The molecule has 0 saturated carbocycles. The highest BCUT2D eigenvalue weighted by Gasteiger charge is 2.09. The van der Waals surface area contributed by atoms with Crippen LogP contribution in [-0.2, 0) is 0 Å². The molecule has 0 unspecified atom stereocenters. The van der Waals surface area contributed by atoms with E-state index in [0.29, 0.717) is 16.3 Å². The van der Waals surface area contributed by atoms with E-state index in [1.165, 1.54) is 6.07 Å². The lowest BCUT2D eigenvalue weighted by atomic mass is 10.2. The van der Waals surface area contributed by atoms with Crippen molar-refractivity contribution in [3.63, 3.8) is 0 Å². The molecule has 1 amide bonds. The number of hydrogen-bond acceptors (Lipinski definition) is 3. The maximum atomic E-state index is 11.9. The Hall–Kier alpha value is -2.20. The first-order valence-corrected chi connectivity index (χ1v) is 6.12. The molecule has 19 heavy (non-hydrogen) atoms. The van der Waals surface area contributed by atoms with Gasteiger partial charge in [-0.25, -0.2) is 0 Å². The van der Waals surface area contributed by atoms with Gasteiger partial charge in [0.15, 0.2) is 0 Å². The van der Waals surface area contributed by atoms with Crippen molar-refractivity contribution < 1.29 is 4.79 Å². The van der Waals surface area contributed by atoms with Crippen LogP contribution < -0.4 is 16.6 Å². The number of hydrazine groups is 1. The standard InChI is InChI=1S/C14H14ClN3O/c1-9-2-5-11(6-3-9)17-18-14(19)12-8-10(15)4-7-13(12)16/h2-8,17H,16H2,1H3,(H,18,19). The van der Waals surface area contributed by atoms with Crippen LogP contribution in [0.25, 0.3) is 0 Å². The molecule has 0 bridgehead atoms. The Bertz CT molecular complexity index is 596. The van der Waals surface area contributed by atoms with Gasteiger partial charge >= 0.3 is 0 Å². The SMILES string of the molecule is Cc1ccc(NNC(=O)c2cc(Cl)ccc2N)cc1. The molecule has 98 valence electrons. The van der Waals surface area contributed by atoms with Crippen molar-refractivity contribution in [2.75, 3.05) is 11.2 Å². The van der Waals surface area contributed by atoms with Gasteiger partial charge in [-0.3, -0.25) is 15.6 Å². The van der Waals surface area contributed by atoms with Gasteiger partial charge in [-0.2, -0.15) is 0 Å². The molecular weight excluding hydrogens is 262 g/mol. The molecule has 0 fully saturated rings. The minimum atomic E-state index is -0.333. The van der Waals surface area contributed by atoms with E-state index in [4.69, 9.17) is 17.3 Å². The Balaban J connectivity index is 2.05. The fourth-order valence-electron chi connectivity index (χ4n) is 1.56. The zero-order chi connectivity index (χ0) is 13.8. The number of nitrogens with two attached hydrogens (primary N) is 1. The summed E-state index contributed by atoms with van der Waals surface area (Å²) in [5.74, 6) is -0.333. The molecule has 4 N–H and O–H groups in total. The van der Waals surface area contributed by atoms with Crippen molar-refractivity contribution in [3.8, 4) is 0 Å². The van der Waals surface area contributed by atoms with Gasteiger partial charge in [0.25, 0.3) is 5.91 Å². The lowest BCUT2D eigenvalue weighted by molar-refractivity contribution is 0.0963. The lowest BCUT2D eigenvalue weighted by Gasteiger charge is -2.10. The van der Waals surface area contributed by atoms with Gasteiger partial charge in [0.2, 0.25) is 0 Å². The molecule has 0 saturated heterocycles. The minimum absolute atomic E-state index is 0.333. The van der Waals surface area contributed by atoms with Crippen molar-refractivity contribution >= 4 is 28.9 Å². The summed E-state index contributed by atoms with van der Waals surface area (Å²) in [7, 11) is 0. The number of rotatable bonds is 3. The van der Waals surface area contributed by atoms with E-state index in [9.17, 15) is 4.79 Å². The zero-order valence-electron chi connectivity index (χ0n) is 10.4. The maximum Gasteiger partial charge on any atom is 0.271 e. The van der Waals surface area contributed by atoms with Crippen molar-refractivity contribution in [1.82, 2.24) is 5.43 Å². The fourth-order valence-corrected chi connectivity index (χ4v) is 1.73. The zero-order valence-corrected chi connectivity index (χ0v) is 11.2. The predicted octanol–water partition coefficient (Wildman–Crippen LogP) is 2.99. The summed E-state index contributed by atoms with van der Waals surface area (Å²) in [5.41, 5.74) is 13.8. The summed E-state index contributed by atoms with van der Waals surface area (Å²) < 4.78 is 0. The number of nitrogens with one attached hydrogen (secondary N) is 2. The second-order valence-electron chi connectivity index (χ2n) is 4.18. The van der Waals surface area contributed by atoms with Gasteiger partial charge in [0.1, 0.15) is 0 Å². The molecule has 0 aromatic heterocycles. The summed E-state index contributed by atoms with van der Waals surface area (Å²) >= 11 is 5.84. The molecule has 4 nitrogen and oxygen atoms in total. The van der Waals surface area contributed by atoms with Crippen LogP contribution in [0.2, 0.25) is 5.02 Å². The number of benzene rings is 2. The van der Waals surface area contributed by atoms with E-state index in [0.717, 1.165) is 11.3 Å². The van der Waals surface area contributed by atoms with Crippen molar-refractivity contribution in [3.05, 3.63) is 58.6 Å². The van der Waals surface area contributed by atoms with E-state index in [1.807, 2.05) is 31.2 Å². The van der Waals surface area contributed by atoms with E-state index < -0.39 is 0 Å². The second-order valence-corrected chi connectivity index (χ2v) is 4.61. The normalized spacial score (nSPS) is 10.0. The number of carbonyl (C=O) groups is 1. The molecule has 5 heteroatoms. The summed E-state index contributed by atoms with van der Waals surface area (Å²) in [6.45, 7) is 2.00. The highest BCUT2D eigenvalue weighted by Crippen LogP contribution is 2.17. The first-order valence-electron chi connectivity index (χ1n) is 5.74. The molecule has 0 radical (unpaired) electrons. The van der Waals surface area contributed by atoms with Crippen LogP contribution in [0.1, 0.15) is 15.9 Å². The third kappa shape index (κ3) is 3.39. The van der Waals surface area contributed by atoms with E-state index >= 15 is 0 Å². The highest BCUT2D eigenvalue weighted by molar-refractivity contribution is 6.31. The van der Waals surface area contributed by atoms with Gasteiger partial charge in [0, 0.05) is 10.7 Å². The number of anilines is 2. The number of nitrogen functional groups attached to an aromatic ring is 1. The van der Waals surface area contributed by atoms with Crippen molar-refractivity contribution in [2.45, 2.75) is 6.92 Å². The molecule has 0 spiro atoms. The van der Waals surface area contributed by atoms with Crippen LogP contribution in [-0.4, -0.2) is 5.91 Å². The Kier molecular flexibility index (Phi) is 3.92. The average molecular weight is 276 g/mol. The fraction of sp³-hybridized carbons (Fsp3) is 0.0714. The van der Waals surface area contributed by atoms with Gasteiger partial charge in [-0.15, -0.1) is 0 Å². The van der Waals surface area contributed by atoms with E-state index in [-0.39, 0.29) is 5.91 Å². The van der Waals surface area contributed by atoms with Crippen molar-refractivity contribution in [2.24, 2.45) is 0 Å². The first-order chi connectivity index (χ1) is 9.06. The topological polar surface area (TPSA) is 67.1 Å². The van der Waals surface area contributed by atoms with Crippen LogP contribution in [0.5, 0.6) is 0 Å². The van der Waals surface area contributed by atoms with Crippen LogP contribution in [0.4, 0.5) is 11.4 Å². The summed E-state index contributed by atoms with van der Waals surface area (Å²) in [5, 5.41) is 0.467. The Morgan fingerprint density at radius 3 is 2.53 bits per heavy atom. The molecular formula is C14H14ClN3O. The summed E-state index contributed by atoms with van der Waals surface area (Å²) in [6.07, 6.45) is 0.